The molecular formula is C29H49N3O7. The van der Waals surface area contributed by atoms with Gasteiger partial charge in [-0.1, -0.05) is 79.9 Å². The van der Waals surface area contributed by atoms with Crippen molar-refractivity contribution in [2.75, 3.05) is 11.9 Å². The van der Waals surface area contributed by atoms with Gasteiger partial charge in [0.15, 0.2) is 0 Å². The fourth-order valence-corrected chi connectivity index (χ4v) is 2.93. The Kier molecular flexibility index (Phi) is 22.9. The van der Waals surface area contributed by atoms with E-state index in [1.54, 1.807) is 38.1 Å². The third kappa shape index (κ3) is 20.2. The van der Waals surface area contributed by atoms with Crippen LogP contribution in [-0.4, -0.2) is 47.4 Å². The zero-order chi connectivity index (χ0) is 30.2. The number of anilines is 1. The van der Waals surface area contributed by atoms with Crippen LogP contribution in [-0.2, 0) is 35.3 Å². The second-order valence-corrected chi connectivity index (χ2v) is 8.82. The monoisotopic (exact) mass is 551 g/mol. The molecule has 10 nitrogen and oxygen atoms in total. The Morgan fingerprint density at radius 2 is 1.46 bits per heavy atom. The second-order valence-electron chi connectivity index (χ2n) is 8.82. The van der Waals surface area contributed by atoms with Crippen LogP contribution in [0.3, 0.4) is 0 Å². The van der Waals surface area contributed by atoms with E-state index in [9.17, 15) is 24.0 Å². The number of amides is 3. The van der Waals surface area contributed by atoms with E-state index in [-0.39, 0.29) is 49.2 Å². The van der Waals surface area contributed by atoms with Gasteiger partial charge in [0.2, 0.25) is 17.7 Å². The minimum absolute atomic E-state index is 0.105. The van der Waals surface area contributed by atoms with E-state index in [1.165, 1.54) is 0 Å². The van der Waals surface area contributed by atoms with Gasteiger partial charge in [0.05, 0.1) is 6.54 Å². The maximum atomic E-state index is 12.5. The van der Waals surface area contributed by atoms with Gasteiger partial charge in [-0.2, -0.15) is 0 Å². The number of aliphatic carboxylic acids is 1. The number of nitrogens with one attached hydrogen (secondary N) is 3. The van der Waals surface area contributed by atoms with Gasteiger partial charge in [0, 0.05) is 24.9 Å². The Bertz CT molecular complexity index is 855. The third-order valence-corrected chi connectivity index (χ3v) is 5.17. The fourth-order valence-electron chi connectivity index (χ4n) is 2.93. The van der Waals surface area contributed by atoms with Crippen molar-refractivity contribution in [2.45, 2.75) is 106 Å². The highest BCUT2D eigenvalue weighted by Gasteiger charge is 2.24. The first-order valence-electron chi connectivity index (χ1n) is 13.9. The third-order valence-electron chi connectivity index (χ3n) is 5.17. The first kappa shape index (κ1) is 37.7. The van der Waals surface area contributed by atoms with Gasteiger partial charge in [-0.3, -0.25) is 24.0 Å². The molecule has 0 saturated heterocycles. The van der Waals surface area contributed by atoms with E-state index < -0.39 is 12.0 Å². The van der Waals surface area contributed by atoms with Crippen LogP contribution in [0.1, 0.15) is 99.0 Å². The molecule has 0 aliphatic rings. The van der Waals surface area contributed by atoms with Gasteiger partial charge in [0.1, 0.15) is 12.6 Å². The normalized spacial score (nSPS) is 10.6. The number of unbranched alkanes of at least 4 members (excludes halogenated alkanes) is 3. The molecule has 222 valence electrons. The lowest BCUT2D eigenvalue weighted by Gasteiger charge is -2.21. The predicted molar refractivity (Wildman–Crippen MR) is 153 cm³/mol. The summed E-state index contributed by atoms with van der Waals surface area (Å²) >= 11 is 0. The highest BCUT2D eigenvalue weighted by molar-refractivity contribution is 5.96. The molecule has 0 heterocycles. The van der Waals surface area contributed by atoms with E-state index in [1.807, 2.05) is 27.7 Å². The summed E-state index contributed by atoms with van der Waals surface area (Å²) in [6.07, 6.45) is 4.91. The van der Waals surface area contributed by atoms with Crippen LogP contribution >= 0.6 is 0 Å². The molecule has 0 fully saturated rings. The molecule has 0 aromatic heterocycles. The van der Waals surface area contributed by atoms with Crippen LogP contribution in [0.4, 0.5) is 5.69 Å². The van der Waals surface area contributed by atoms with Crippen LogP contribution in [0.15, 0.2) is 24.3 Å². The topological polar surface area (TPSA) is 151 Å². The molecule has 0 spiro atoms. The maximum absolute atomic E-state index is 12.5. The molecule has 3 amide bonds. The lowest BCUT2D eigenvalue weighted by Crippen LogP contribution is -2.51. The number of hydrogen-bond donors (Lipinski definition) is 4. The summed E-state index contributed by atoms with van der Waals surface area (Å²) < 4.78 is 5.06. The molecule has 1 aromatic rings. The van der Waals surface area contributed by atoms with E-state index in [0.29, 0.717) is 18.5 Å². The number of carboxylic acid groups (broad SMARTS) is 1. The van der Waals surface area contributed by atoms with Gasteiger partial charge in [0.25, 0.3) is 0 Å². The Hall–Kier alpha value is -3.43. The molecule has 4 N–H and O–H groups in total. The molecule has 1 unspecified atom stereocenters. The fraction of sp³-hybridized carbons (Fsp3) is 0.621. The van der Waals surface area contributed by atoms with Crippen LogP contribution in [0.25, 0.3) is 0 Å². The van der Waals surface area contributed by atoms with E-state index in [0.717, 1.165) is 31.2 Å². The number of esters is 1. The summed E-state index contributed by atoms with van der Waals surface area (Å²) in [5, 5.41) is 15.8. The van der Waals surface area contributed by atoms with Gasteiger partial charge in [-0.05, 0) is 30.0 Å². The Labute approximate surface area is 233 Å². The maximum Gasteiger partial charge on any atom is 0.305 e. The van der Waals surface area contributed by atoms with Gasteiger partial charge >= 0.3 is 11.9 Å². The zero-order valence-electron chi connectivity index (χ0n) is 24.7. The van der Waals surface area contributed by atoms with E-state index in [4.69, 9.17) is 9.84 Å². The zero-order valence-corrected chi connectivity index (χ0v) is 24.7. The summed E-state index contributed by atoms with van der Waals surface area (Å²) in [6.45, 7) is 13.1. The summed E-state index contributed by atoms with van der Waals surface area (Å²) in [5.74, 6) is -2.03. The van der Waals surface area contributed by atoms with Crippen molar-refractivity contribution in [3.05, 3.63) is 29.8 Å². The van der Waals surface area contributed by atoms with Crippen molar-refractivity contribution in [2.24, 2.45) is 5.92 Å². The highest BCUT2D eigenvalue weighted by Crippen LogP contribution is 2.11. The van der Waals surface area contributed by atoms with Crippen molar-refractivity contribution < 1.29 is 33.8 Å². The van der Waals surface area contributed by atoms with Crippen LogP contribution < -0.4 is 16.0 Å². The number of carboxylic acids is 1. The minimum atomic E-state index is -0.745. The molecule has 0 saturated carbocycles. The summed E-state index contributed by atoms with van der Waals surface area (Å²) in [7, 11) is 0. The molecule has 1 rings (SSSR count). The van der Waals surface area contributed by atoms with Crippen molar-refractivity contribution in [3.63, 3.8) is 0 Å². The van der Waals surface area contributed by atoms with Crippen LogP contribution in [0.2, 0.25) is 0 Å². The quantitative estimate of drug-likeness (QED) is 0.180. The minimum Gasteiger partial charge on any atom is -0.481 e. The van der Waals surface area contributed by atoms with Crippen molar-refractivity contribution in [1.29, 1.82) is 0 Å². The Morgan fingerprint density at radius 3 is 1.95 bits per heavy atom. The molecule has 10 heteroatoms. The molecule has 0 aliphatic carbocycles. The van der Waals surface area contributed by atoms with E-state index >= 15 is 0 Å². The average Bonchev–Trinajstić information content (AvgIpc) is 2.93. The van der Waals surface area contributed by atoms with Gasteiger partial charge in [-0.15, -0.1) is 0 Å². The first-order chi connectivity index (χ1) is 18.5. The molecule has 0 radical (unpaired) electrons. The SMILES string of the molecule is CC.CCC(=O)O.CCCCCCC(=O)NC(C(=O)NCC(=O)Nc1ccc(COC(=O)CC)cc1)C(C)C. The summed E-state index contributed by atoms with van der Waals surface area (Å²) in [5.41, 5.74) is 1.37. The van der Waals surface area contributed by atoms with Crippen molar-refractivity contribution in [1.82, 2.24) is 10.6 Å². The average molecular weight is 552 g/mol. The van der Waals surface area contributed by atoms with Crippen molar-refractivity contribution >= 4 is 35.3 Å². The van der Waals surface area contributed by atoms with Crippen LogP contribution in [0, 0.1) is 5.92 Å². The predicted octanol–water partition coefficient (Wildman–Crippen LogP) is 4.81. The van der Waals surface area contributed by atoms with Crippen molar-refractivity contribution in [3.8, 4) is 0 Å². The number of carbonyl (C=O) groups excluding carboxylic acids is 4. The Balaban J connectivity index is 0. The molecule has 1 atom stereocenters. The molecule has 1 aromatic carbocycles. The molecule has 39 heavy (non-hydrogen) atoms. The largest absolute Gasteiger partial charge is 0.481 e. The lowest BCUT2D eigenvalue weighted by atomic mass is 10.0. The van der Waals surface area contributed by atoms with E-state index in [2.05, 4.69) is 22.9 Å². The lowest BCUT2D eigenvalue weighted by molar-refractivity contribution is -0.144. The molecule has 0 bridgehead atoms. The Morgan fingerprint density at radius 1 is 0.872 bits per heavy atom. The number of ether oxygens (including phenoxy) is 1. The first-order valence-corrected chi connectivity index (χ1v) is 13.9. The number of hydrogen-bond acceptors (Lipinski definition) is 6. The number of rotatable bonds is 15. The summed E-state index contributed by atoms with van der Waals surface area (Å²) in [6, 6.07) is 6.21. The van der Waals surface area contributed by atoms with Gasteiger partial charge < -0.3 is 25.8 Å². The summed E-state index contributed by atoms with van der Waals surface area (Å²) in [4.78, 5) is 57.4. The second kappa shape index (κ2) is 23.7. The number of carbonyl (C=O) groups is 5. The molecule has 0 aliphatic heterocycles. The highest BCUT2D eigenvalue weighted by atomic mass is 16.5. The van der Waals surface area contributed by atoms with Crippen LogP contribution in [0.5, 0.6) is 0 Å². The standard InChI is InChI=1S/C24H37N3O5.C3H6O2.C2H6/c1-5-7-8-9-10-20(28)27-23(17(3)4)24(31)25-15-21(29)26-19-13-11-18(12-14-19)16-32-22(30)6-2;1-2-3(4)5;1-2/h11-14,17,23H,5-10,15-16H2,1-4H3,(H,25,31)(H,26,29)(H,27,28);2H2,1H3,(H,4,5);1-2H3. The smallest absolute Gasteiger partial charge is 0.305 e. The van der Waals surface area contributed by atoms with Gasteiger partial charge in [-0.25, -0.2) is 0 Å². The number of benzene rings is 1. The molecular weight excluding hydrogens is 502 g/mol.